The molecule has 2 N–H and O–H groups in total. The van der Waals surface area contributed by atoms with Gasteiger partial charge in [0.2, 0.25) is 0 Å². The smallest absolute Gasteiger partial charge is 0.157 e. The van der Waals surface area contributed by atoms with Crippen molar-refractivity contribution < 1.29 is 10.2 Å². The number of hydrogen-bond acceptors (Lipinski definition) is 3. The second-order valence-corrected chi connectivity index (χ2v) is 3.51. The molecule has 1 rings (SSSR count). The summed E-state index contributed by atoms with van der Waals surface area (Å²) >= 11 is 0. The lowest BCUT2D eigenvalue weighted by atomic mass is 10.1. The zero-order chi connectivity index (χ0) is 10.0. The van der Waals surface area contributed by atoms with Crippen molar-refractivity contribution in [3.05, 3.63) is 23.3 Å². The zero-order valence-corrected chi connectivity index (χ0v) is 8.20. The van der Waals surface area contributed by atoms with Crippen molar-refractivity contribution >= 4 is 0 Å². The van der Waals surface area contributed by atoms with Gasteiger partial charge in [-0.1, -0.05) is 0 Å². The Morgan fingerprint density at radius 3 is 2.23 bits per heavy atom. The monoisotopic (exact) mass is 181 g/mol. The Morgan fingerprint density at radius 1 is 1.15 bits per heavy atom. The van der Waals surface area contributed by atoms with Crippen LogP contribution in [0.1, 0.15) is 11.1 Å². The predicted octanol–water partition coefficient (Wildman–Crippen LogP) is 1.47. The number of aromatic hydroxyl groups is 2. The SMILES string of the molecule is Cc1cc(O)c(O)cc1CN(C)C. The standard InChI is InChI=1S/C10H15NO2/c1-7-4-9(12)10(13)5-8(7)6-11(2)3/h4-5,12-13H,6H2,1-3H3. The van der Waals surface area contributed by atoms with Crippen LogP contribution in [0.5, 0.6) is 11.5 Å². The second-order valence-electron chi connectivity index (χ2n) is 3.51. The van der Waals surface area contributed by atoms with Crippen molar-refractivity contribution in [1.29, 1.82) is 0 Å². The molecule has 0 aliphatic heterocycles. The Bertz CT molecular complexity index is 308. The molecule has 0 aromatic heterocycles. The molecule has 0 heterocycles. The molecule has 0 radical (unpaired) electrons. The van der Waals surface area contributed by atoms with Gasteiger partial charge in [-0.2, -0.15) is 0 Å². The first-order chi connectivity index (χ1) is 6.00. The van der Waals surface area contributed by atoms with Gasteiger partial charge in [0.15, 0.2) is 11.5 Å². The highest BCUT2D eigenvalue weighted by molar-refractivity contribution is 5.44. The third-order valence-electron chi connectivity index (χ3n) is 1.92. The van der Waals surface area contributed by atoms with E-state index < -0.39 is 0 Å². The van der Waals surface area contributed by atoms with Gasteiger partial charge in [0.25, 0.3) is 0 Å². The van der Waals surface area contributed by atoms with Gasteiger partial charge < -0.3 is 15.1 Å². The maximum absolute atomic E-state index is 9.27. The second kappa shape index (κ2) is 3.66. The molecule has 72 valence electrons. The molecule has 0 aliphatic carbocycles. The van der Waals surface area contributed by atoms with Crippen molar-refractivity contribution in [2.45, 2.75) is 13.5 Å². The van der Waals surface area contributed by atoms with Crippen LogP contribution in [0.4, 0.5) is 0 Å². The van der Waals surface area contributed by atoms with Crippen LogP contribution in [0.15, 0.2) is 12.1 Å². The van der Waals surface area contributed by atoms with Crippen molar-refractivity contribution in [1.82, 2.24) is 4.90 Å². The molecule has 0 saturated heterocycles. The fourth-order valence-electron chi connectivity index (χ4n) is 1.24. The Hall–Kier alpha value is -1.22. The normalized spacial score (nSPS) is 10.8. The zero-order valence-electron chi connectivity index (χ0n) is 8.20. The summed E-state index contributed by atoms with van der Waals surface area (Å²) in [4.78, 5) is 2.01. The minimum absolute atomic E-state index is 0.0533. The quantitative estimate of drug-likeness (QED) is 0.679. The number of phenolic OH excluding ortho intramolecular Hbond substituents is 2. The summed E-state index contributed by atoms with van der Waals surface area (Å²) in [5, 5.41) is 18.5. The molecule has 0 bridgehead atoms. The fraction of sp³-hybridized carbons (Fsp3) is 0.400. The summed E-state index contributed by atoms with van der Waals surface area (Å²) in [6, 6.07) is 3.18. The highest BCUT2D eigenvalue weighted by Crippen LogP contribution is 2.28. The maximum Gasteiger partial charge on any atom is 0.157 e. The van der Waals surface area contributed by atoms with Gasteiger partial charge in [-0.05, 0) is 44.3 Å². The largest absolute Gasteiger partial charge is 0.504 e. The maximum atomic E-state index is 9.27. The molecule has 1 aromatic carbocycles. The molecule has 3 nitrogen and oxygen atoms in total. The number of hydrogen-bond donors (Lipinski definition) is 2. The topological polar surface area (TPSA) is 43.7 Å². The van der Waals surface area contributed by atoms with E-state index in [2.05, 4.69) is 0 Å². The molecule has 0 saturated carbocycles. The van der Waals surface area contributed by atoms with Crippen LogP contribution in [0.25, 0.3) is 0 Å². The predicted molar refractivity (Wildman–Crippen MR) is 51.9 cm³/mol. The van der Waals surface area contributed by atoms with Crippen LogP contribution in [0.2, 0.25) is 0 Å². The van der Waals surface area contributed by atoms with E-state index in [0.29, 0.717) is 0 Å². The van der Waals surface area contributed by atoms with Crippen LogP contribution in [-0.4, -0.2) is 29.2 Å². The summed E-state index contributed by atoms with van der Waals surface area (Å²) in [6.45, 7) is 2.68. The van der Waals surface area contributed by atoms with E-state index in [1.165, 1.54) is 0 Å². The molecule has 13 heavy (non-hydrogen) atoms. The molecular formula is C10H15NO2. The first-order valence-corrected chi connectivity index (χ1v) is 4.17. The van der Waals surface area contributed by atoms with Gasteiger partial charge in [0.05, 0.1) is 0 Å². The fourth-order valence-corrected chi connectivity index (χ4v) is 1.24. The number of phenols is 2. The highest BCUT2D eigenvalue weighted by Gasteiger charge is 2.05. The molecule has 0 fully saturated rings. The van der Waals surface area contributed by atoms with E-state index in [9.17, 15) is 10.2 Å². The molecule has 0 spiro atoms. The van der Waals surface area contributed by atoms with Crippen molar-refractivity contribution in [2.75, 3.05) is 14.1 Å². The van der Waals surface area contributed by atoms with Crippen LogP contribution in [0, 0.1) is 6.92 Å². The van der Waals surface area contributed by atoms with Crippen LogP contribution >= 0.6 is 0 Å². The summed E-state index contributed by atoms with van der Waals surface area (Å²) in [5.41, 5.74) is 2.02. The first kappa shape index (κ1) is 9.86. The van der Waals surface area contributed by atoms with Crippen LogP contribution in [0.3, 0.4) is 0 Å². The first-order valence-electron chi connectivity index (χ1n) is 4.17. The molecule has 0 aliphatic rings. The van der Waals surface area contributed by atoms with E-state index in [1.807, 2.05) is 25.9 Å². The van der Waals surface area contributed by atoms with E-state index >= 15 is 0 Å². The third-order valence-corrected chi connectivity index (χ3v) is 1.92. The van der Waals surface area contributed by atoms with Gasteiger partial charge >= 0.3 is 0 Å². The number of nitrogens with zero attached hydrogens (tertiary/aromatic N) is 1. The Balaban J connectivity index is 3.01. The number of benzene rings is 1. The van der Waals surface area contributed by atoms with E-state index in [-0.39, 0.29) is 11.5 Å². The van der Waals surface area contributed by atoms with Gasteiger partial charge in [0.1, 0.15) is 0 Å². The lowest BCUT2D eigenvalue weighted by Gasteiger charge is -2.12. The Kier molecular flexibility index (Phi) is 2.78. The molecule has 3 heteroatoms. The highest BCUT2D eigenvalue weighted by atomic mass is 16.3. The molecule has 0 atom stereocenters. The van der Waals surface area contributed by atoms with Gasteiger partial charge in [-0.15, -0.1) is 0 Å². The summed E-state index contributed by atoms with van der Waals surface area (Å²) in [5.74, 6) is -0.109. The summed E-state index contributed by atoms with van der Waals surface area (Å²) in [6.07, 6.45) is 0. The van der Waals surface area contributed by atoms with Crippen molar-refractivity contribution in [3.63, 3.8) is 0 Å². The average Bonchev–Trinajstić information content (AvgIpc) is 1.99. The molecule has 0 unspecified atom stereocenters. The number of rotatable bonds is 2. The van der Waals surface area contributed by atoms with Gasteiger partial charge in [-0.25, -0.2) is 0 Å². The lowest BCUT2D eigenvalue weighted by Crippen LogP contribution is -2.11. The summed E-state index contributed by atoms with van der Waals surface area (Å²) in [7, 11) is 3.92. The third kappa shape index (κ3) is 2.36. The lowest BCUT2D eigenvalue weighted by molar-refractivity contribution is 0.389. The van der Waals surface area contributed by atoms with Gasteiger partial charge in [0, 0.05) is 6.54 Å². The van der Waals surface area contributed by atoms with E-state index in [1.54, 1.807) is 12.1 Å². The average molecular weight is 181 g/mol. The van der Waals surface area contributed by atoms with Crippen molar-refractivity contribution in [2.24, 2.45) is 0 Å². The van der Waals surface area contributed by atoms with Crippen molar-refractivity contribution in [3.8, 4) is 11.5 Å². The van der Waals surface area contributed by atoms with Crippen LogP contribution in [-0.2, 0) is 6.54 Å². The molecule has 1 aromatic rings. The number of aryl methyl sites for hydroxylation is 1. The Labute approximate surface area is 78.2 Å². The minimum Gasteiger partial charge on any atom is -0.504 e. The van der Waals surface area contributed by atoms with E-state index in [0.717, 1.165) is 17.7 Å². The van der Waals surface area contributed by atoms with Gasteiger partial charge in [-0.3, -0.25) is 0 Å². The Morgan fingerprint density at radius 2 is 1.69 bits per heavy atom. The molecule has 0 amide bonds. The minimum atomic E-state index is -0.0555. The van der Waals surface area contributed by atoms with Crippen LogP contribution < -0.4 is 0 Å². The van der Waals surface area contributed by atoms with E-state index in [4.69, 9.17) is 0 Å². The molecular weight excluding hydrogens is 166 g/mol. The summed E-state index contributed by atoms with van der Waals surface area (Å²) < 4.78 is 0.